The molecule has 0 spiro atoms. The van der Waals surface area contributed by atoms with Crippen LogP contribution in [0.2, 0.25) is 0 Å². The van der Waals surface area contributed by atoms with E-state index in [4.69, 9.17) is 5.73 Å². The zero-order chi connectivity index (χ0) is 12.3. The maximum absolute atomic E-state index is 12.0. The molecule has 0 bridgehead atoms. The average molecular weight is 234 g/mol. The molecule has 0 aliphatic heterocycles. The zero-order valence-electron chi connectivity index (χ0n) is 9.73. The van der Waals surface area contributed by atoms with Crippen LogP contribution in [-0.4, -0.2) is 23.6 Å². The minimum absolute atomic E-state index is 0.111. The monoisotopic (exact) mass is 234 g/mol. The van der Waals surface area contributed by atoms with Crippen molar-refractivity contribution >= 4 is 5.91 Å². The second-order valence-corrected chi connectivity index (χ2v) is 4.56. The summed E-state index contributed by atoms with van der Waals surface area (Å²) in [6.45, 7) is 0.616. The van der Waals surface area contributed by atoms with Gasteiger partial charge in [-0.3, -0.25) is 4.79 Å². The van der Waals surface area contributed by atoms with Crippen LogP contribution >= 0.6 is 0 Å². The van der Waals surface area contributed by atoms with Crippen LogP contribution in [0.4, 0.5) is 0 Å². The Balaban J connectivity index is 2.01. The van der Waals surface area contributed by atoms with Crippen molar-refractivity contribution in [2.75, 3.05) is 6.54 Å². The molecule has 17 heavy (non-hydrogen) atoms. The van der Waals surface area contributed by atoms with Gasteiger partial charge in [0.1, 0.15) is 5.75 Å². The van der Waals surface area contributed by atoms with Crippen molar-refractivity contribution in [3.8, 4) is 5.75 Å². The summed E-state index contributed by atoms with van der Waals surface area (Å²) in [4.78, 5) is 12.0. The number of carbonyl (C=O) groups is 1. The molecule has 2 rings (SSSR count). The molecule has 0 aromatic heterocycles. The number of nitrogens with two attached hydrogens (primary N) is 1. The number of hydrogen-bond acceptors (Lipinski definition) is 3. The van der Waals surface area contributed by atoms with Gasteiger partial charge in [0.15, 0.2) is 0 Å². The topological polar surface area (TPSA) is 75.3 Å². The molecule has 2 atom stereocenters. The molecule has 4 nitrogen and oxygen atoms in total. The largest absolute Gasteiger partial charge is 0.508 e. The lowest BCUT2D eigenvalue weighted by molar-refractivity contribution is 0.0928. The van der Waals surface area contributed by atoms with Gasteiger partial charge in [-0.25, -0.2) is 0 Å². The number of rotatable bonds is 3. The Morgan fingerprint density at radius 1 is 1.47 bits per heavy atom. The molecule has 1 aliphatic carbocycles. The van der Waals surface area contributed by atoms with Gasteiger partial charge in [-0.15, -0.1) is 0 Å². The zero-order valence-corrected chi connectivity index (χ0v) is 9.73. The number of phenolic OH excluding ortho intramolecular Hbond substituents is 1. The first-order chi connectivity index (χ1) is 8.20. The maximum atomic E-state index is 12.0. The van der Waals surface area contributed by atoms with Gasteiger partial charge in [-0.2, -0.15) is 0 Å². The molecule has 92 valence electrons. The van der Waals surface area contributed by atoms with Crippen LogP contribution < -0.4 is 11.1 Å². The van der Waals surface area contributed by atoms with Gasteiger partial charge in [0.2, 0.25) is 0 Å². The molecule has 1 aromatic rings. The molecule has 1 aromatic carbocycles. The van der Waals surface area contributed by atoms with Crippen molar-refractivity contribution in [3.63, 3.8) is 0 Å². The van der Waals surface area contributed by atoms with Crippen LogP contribution in [0.1, 0.15) is 29.6 Å². The Labute approximate surface area is 101 Å². The minimum atomic E-state index is -0.133. The van der Waals surface area contributed by atoms with Crippen LogP contribution in [0.5, 0.6) is 5.75 Å². The molecule has 1 aliphatic rings. The van der Waals surface area contributed by atoms with E-state index in [0.717, 1.165) is 19.3 Å². The highest BCUT2D eigenvalue weighted by Gasteiger charge is 2.27. The van der Waals surface area contributed by atoms with E-state index in [0.29, 0.717) is 18.0 Å². The molecular weight excluding hydrogens is 216 g/mol. The van der Waals surface area contributed by atoms with Gasteiger partial charge < -0.3 is 16.2 Å². The summed E-state index contributed by atoms with van der Waals surface area (Å²) in [5.41, 5.74) is 6.16. The molecule has 4 N–H and O–H groups in total. The van der Waals surface area contributed by atoms with Crippen molar-refractivity contribution in [3.05, 3.63) is 29.8 Å². The third-order valence-corrected chi connectivity index (χ3v) is 3.39. The minimum Gasteiger partial charge on any atom is -0.508 e. The molecule has 0 saturated heterocycles. The number of hydrogen-bond donors (Lipinski definition) is 3. The molecule has 1 saturated carbocycles. The SMILES string of the molecule is NCC1CCCC1NC(=O)c1cccc(O)c1. The second-order valence-electron chi connectivity index (χ2n) is 4.56. The quantitative estimate of drug-likeness (QED) is 0.736. The van der Waals surface area contributed by atoms with Crippen LogP contribution in [-0.2, 0) is 0 Å². The van der Waals surface area contributed by atoms with Gasteiger partial charge in [-0.05, 0) is 43.5 Å². The van der Waals surface area contributed by atoms with Gasteiger partial charge in [0.25, 0.3) is 5.91 Å². The van der Waals surface area contributed by atoms with E-state index < -0.39 is 0 Å². The van der Waals surface area contributed by atoms with E-state index >= 15 is 0 Å². The van der Waals surface area contributed by atoms with Crippen LogP contribution in [0.15, 0.2) is 24.3 Å². The Bertz CT molecular complexity index is 406. The van der Waals surface area contributed by atoms with E-state index in [-0.39, 0.29) is 17.7 Å². The lowest BCUT2D eigenvalue weighted by atomic mass is 10.0. The van der Waals surface area contributed by atoms with E-state index in [1.807, 2.05) is 0 Å². The standard InChI is InChI=1S/C13H18N2O2/c14-8-10-4-2-6-12(10)15-13(17)9-3-1-5-11(16)7-9/h1,3,5,7,10,12,16H,2,4,6,8,14H2,(H,15,17). The Morgan fingerprint density at radius 3 is 3.00 bits per heavy atom. The first-order valence-corrected chi connectivity index (χ1v) is 6.00. The van der Waals surface area contributed by atoms with Crippen molar-refractivity contribution in [1.82, 2.24) is 5.32 Å². The third-order valence-electron chi connectivity index (χ3n) is 3.39. The van der Waals surface area contributed by atoms with Gasteiger partial charge in [-0.1, -0.05) is 12.5 Å². The lowest BCUT2D eigenvalue weighted by Crippen LogP contribution is -2.39. The first-order valence-electron chi connectivity index (χ1n) is 6.00. The molecule has 0 heterocycles. The predicted octanol–water partition coefficient (Wildman–Crippen LogP) is 1.25. The van der Waals surface area contributed by atoms with Crippen molar-refractivity contribution in [2.24, 2.45) is 11.7 Å². The van der Waals surface area contributed by atoms with Crippen molar-refractivity contribution in [1.29, 1.82) is 0 Å². The van der Waals surface area contributed by atoms with E-state index in [9.17, 15) is 9.90 Å². The fourth-order valence-electron chi connectivity index (χ4n) is 2.41. The molecular formula is C13H18N2O2. The fraction of sp³-hybridized carbons (Fsp3) is 0.462. The highest BCUT2D eigenvalue weighted by atomic mass is 16.3. The molecule has 2 unspecified atom stereocenters. The number of aromatic hydroxyl groups is 1. The van der Waals surface area contributed by atoms with E-state index in [1.54, 1.807) is 18.2 Å². The summed E-state index contributed by atoms with van der Waals surface area (Å²) in [5.74, 6) is 0.363. The Kier molecular flexibility index (Phi) is 3.64. The number of benzene rings is 1. The summed E-state index contributed by atoms with van der Waals surface area (Å²) < 4.78 is 0. The van der Waals surface area contributed by atoms with Gasteiger partial charge in [0.05, 0.1) is 0 Å². The van der Waals surface area contributed by atoms with E-state index in [1.165, 1.54) is 6.07 Å². The highest BCUT2D eigenvalue weighted by Crippen LogP contribution is 2.25. The molecule has 4 heteroatoms. The van der Waals surface area contributed by atoms with Gasteiger partial charge in [0, 0.05) is 11.6 Å². The first kappa shape index (κ1) is 11.9. The fourth-order valence-corrected chi connectivity index (χ4v) is 2.41. The van der Waals surface area contributed by atoms with Crippen LogP contribution in [0, 0.1) is 5.92 Å². The third kappa shape index (κ3) is 2.77. The molecule has 1 amide bonds. The predicted molar refractivity (Wildman–Crippen MR) is 65.8 cm³/mol. The summed E-state index contributed by atoms with van der Waals surface area (Å²) >= 11 is 0. The maximum Gasteiger partial charge on any atom is 0.251 e. The van der Waals surface area contributed by atoms with Crippen molar-refractivity contribution in [2.45, 2.75) is 25.3 Å². The second kappa shape index (κ2) is 5.19. The summed E-state index contributed by atoms with van der Waals surface area (Å²) in [6.07, 6.45) is 3.20. The van der Waals surface area contributed by atoms with Crippen LogP contribution in [0.25, 0.3) is 0 Å². The number of carbonyl (C=O) groups excluding carboxylic acids is 1. The van der Waals surface area contributed by atoms with Crippen molar-refractivity contribution < 1.29 is 9.90 Å². The number of phenols is 1. The van der Waals surface area contributed by atoms with E-state index in [2.05, 4.69) is 5.32 Å². The molecule has 0 radical (unpaired) electrons. The smallest absolute Gasteiger partial charge is 0.251 e. The summed E-state index contributed by atoms with van der Waals surface area (Å²) in [5, 5.41) is 12.3. The Morgan fingerprint density at radius 2 is 2.29 bits per heavy atom. The van der Waals surface area contributed by atoms with Gasteiger partial charge >= 0.3 is 0 Å². The highest BCUT2D eigenvalue weighted by molar-refractivity contribution is 5.94. The summed E-state index contributed by atoms with van der Waals surface area (Å²) in [7, 11) is 0. The average Bonchev–Trinajstić information content (AvgIpc) is 2.76. The Hall–Kier alpha value is -1.55. The number of nitrogens with one attached hydrogen (secondary N) is 1. The van der Waals surface area contributed by atoms with Crippen LogP contribution in [0.3, 0.4) is 0 Å². The molecule has 1 fully saturated rings. The number of amides is 1. The normalized spacial score (nSPS) is 23.6. The lowest BCUT2D eigenvalue weighted by Gasteiger charge is -2.19. The summed E-state index contributed by atoms with van der Waals surface area (Å²) in [6, 6.07) is 6.56.